The van der Waals surface area contributed by atoms with Crippen molar-refractivity contribution < 1.29 is 0 Å². The minimum atomic E-state index is 0.655. The number of nitrogens with one attached hydrogen (secondary N) is 1. The fourth-order valence-corrected chi connectivity index (χ4v) is 0.671. The molecule has 11 heavy (non-hydrogen) atoms. The number of rotatable bonds is 5. The number of nitriles is 1. The van der Waals surface area contributed by atoms with Crippen LogP contribution in [0, 0.1) is 11.3 Å². The molecule has 0 amide bonds. The Balaban J connectivity index is 3.04. The molecule has 1 N–H and O–H groups in total. The Hall–Kier alpha value is -0.810. The zero-order chi connectivity index (χ0) is 8.53. The van der Waals surface area contributed by atoms with Crippen molar-refractivity contribution in [3.63, 3.8) is 0 Å². The van der Waals surface area contributed by atoms with Crippen LogP contribution >= 0.6 is 0 Å². The minimum absolute atomic E-state index is 0.655. The van der Waals surface area contributed by atoms with E-state index in [1.165, 1.54) is 5.57 Å². The topological polar surface area (TPSA) is 35.8 Å². The molecule has 0 aliphatic carbocycles. The van der Waals surface area contributed by atoms with E-state index in [4.69, 9.17) is 5.26 Å². The van der Waals surface area contributed by atoms with Gasteiger partial charge >= 0.3 is 0 Å². The van der Waals surface area contributed by atoms with Gasteiger partial charge in [0.05, 0.1) is 6.07 Å². The van der Waals surface area contributed by atoms with Crippen LogP contribution in [0.4, 0.5) is 0 Å². The number of allylic oxidation sites excluding steroid dienone is 1. The van der Waals surface area contributed by atoms with Crippen molar-refractivity contribution in [2.45, 2.75) is 26.7 Å². The maximum Gasteiger partial charge on any atom is 0.0622 e. The van der Waals surface area contributed by atoms with Gasteiger partial charge in [-0.15, -0.1) is 0 Å². The Morgan fingerprint density at radius 3 is 2.82 bits per heavy atom. The predicted octanol–water partition coefficient (Wildman–Crippen LogP) is 1.85. The first-order valence-electron chi connectivity index (χ1n) is 3.98. The van der Waals surface area contributed by atoms with Gasteiger partial charge in [0.15, 0.2) is 0 Å². The van der Waals surface area contributed by atoms with Crippen LogP contribution < -0.4 is 5.32 Å². The summed E-state index contributed by atoms with van der Waals surface area (Å²) in [5.74, 6) is 0. The molecule has 0 aliphatic heterocycles. The summed E-state index contributed by atoms with van der Waals surface area (Å²) < 4.78 is 0. The molecule has 0 heterocycles. The van der Waals surface area contributed by atoms with E-state index in [9.17, 15) is 0 Å². The molecule has 0 unspecified atom stereocenters. The van der Waals surface area contributed by atoms with Crippen molar-refractivity contribution >= 4 is 0 Å². The Morgan fingerprint density at radius 1 is 1.55 bits per heavy atom. The number of nitrogens with zero attached hydrogens (tertiary/aromatic N) is 1. The first-order chi connectivity index (χ1) is 5.27. The molecule has 0 rings (SSSR count). The molecule has 2 nitrogen and oxygen atoms in total. The molecule has 0 aromatic heterocycles. The van der Waals surface area contributed by atoms with Crippen LogP contribution in [0.15, 0.2) is 11.6 Å². The van der Waals surface area contributed by atoms with E-state index in [1.807, 2.05) is 0 Å². The summed E-state index contributed by atoms with van der Waals surface area (Å²) in [6, 6.07) is 2.11. The van der Waals surface area contributed by atoms with Gasteiger partial charge in [-0.1, -0.05) is 11.6 Å². The number of unbranched alkanes of at least 4 members (excludes halogenated alkanes) is 1. The Bertz CT molecular complexity index is 149. The Kier molecular flexibility index (Phi) is 6.76. The molecule has 62 valence electrons. The van der Waals surface area contributed by atoms with Gasteiger partial charge in [-0.25, -0.2) is 0 Å². The lowest BCUT2D eigenvalue weighted by atomic mass is 10.3. The van der Waals surface area contributed by atoms with E-state index >= 15 is 0 Å². The summed E-state index contributed by atoms with van der Waals surface area (Å²) in [5, 5.41) is 11.4. The molecule has 0 aromatic carbocycles. The van der Waals surface area contributed by atoms with Crippen LogP contribution in [0.1, 0.15) is 26.7 Å². The first kappa shape index (κ1) is 10.2. The molecule has 0 aliphatic rings. The van der Waals surface area contributed by atoms with Crippen molar-refractivity contribution in [3.05, 3.63) is 11.6 Å². The van der Waals surface area contributed by atoms with Gasteiger partial charge in [0.1, 0.15) is 0 Å². The SMILES string of the molecule is CC(C)=CCNCCCC#N. The third-order valence-electron chi connectivity index (χ3n) is 1.30. The molecule has 0 atom stereocenters. The molecule has 0 spiro atoms. The quantitative estimate of drug-likeness (QED) is 0.482. The van der Waals surface area contributed by atoms with E-state index in [0.717, 1.165) is 19.5 Å². The summed E-state index contributed by atoms with van der Waals surface area (Å²) in [4.78, 5) is 0. The highest BCUT2D eigenvalue weighted by atomic mass is 14.8. The van der Waals surface area contributed by atoms with E-state index in [2.05, 4.69) is 31.3 Å². The molecular weight excluding hydrogens is 136 g/mol. The second kappa shape index (κ2) is 7.30. The van der Waals surface area contributed by atoms with Crippen molar-refractivity contribution in [2.75, 3.05) is 13.1 Å². The normalized spacial score (nSPS) is 8.82. The molecule has 2 heteroatoms. The van der Waals surface area contributed by atoms with E-state index in [0.29, 0.717) is 6.42 Å². The lowest BCUT2D eigenvalue weighted by Crippen LogP contribution is -2.14. The zero-order valence-electron chi connectivity index (χ0n) is 7.35. The molecule has 0 radical (unpaired) electrons. The summed E-state index contributed by atoms with van der Waals surface area (Å²) in [7, 11) is 0. The average Bonchev–Trinajstić information content (AvgIpc) is 1.96. The fraction of sp³-hybridized carbons (Fsp3) is 0.667. The lowest BCUT2D eigenvalue weighted by molar-refractivity contribution is 0.702. The molecule has 0 bridgehead atoms. The van der Waals surface area contributed by atoms with Crippen LogP contribution in [-0.2, 0) is 0 Å². The summed E-state index contributed by atoms with van der Waals surface area (Å²) in [6.45, 7) is 6.03. The Labute approximate surface area is 68.9 Å². The number of hydrogen-bond donors (Lipinski definition) is 1. The molecule has 0 saturated carbocycles. The highest BCUT2D eigenvalue weighted by Gasteiger charge is 1.84. The molecule has 0 aromatic rings. The standard InChI is InChI=1S/C9H16N2/c1-9(2)5-8-11-7-4-3-6-10/h5,11H,3-4,7-8H2,1-2H3. The third-order valence-corrected chi connectivity index (χ3v) is 1.30. The summed E-state index contributed by atoms with van der Waals surface area (Å²) in [5.41, 5.74) is 1.33. The zero-order valence-corrected chi connectivity index (χ0v) is 7.35. The van der Waals surface area contributed by atoms with Crippen molar-refractivity contribution in [2.24, 2.45) is 0 Å². The third kappa shape index (κ3) is 9.19. The van der Waals surface area contributed by atoms with Crippen molar-refractivity contribution in [3.8, 4) is 6.07 Å². The van der Waals surface area contributed by atoms with Crippen LogP contribution in [-0.4, -0.2) is 13.1 Å². The van der Waals surface area contributed by atoms with Crippen molar-refractivity contribution in [1.82, 2.24) is 5.32 Å². The maximum absolute atomic E-state index is 8.22. The van der Waals surface area contributed by atoms with Gasteiger partial charge in [-0.3, -0.25) is 0 Å². The smallest absolute Gasteiger partial charge is 0.0622 e. The van der Waals surface area contributed by atoms with Crippen LogP contribution in [0.5, 0.6) is 0 Å². The molecule has 0 fully saturated rings. The first-order valence-corrected chi connectivity index (χ1v) is 3.98. The Morgan fingerprint density at radius 2 is 2.27 bits per heavy atom. The monoisotopic (exact) mass is 152 g/mol. The van der Waals surface area contributed by atoms with Crippen LogP contribution in [0.25, 0.3) is 0 Å². The predicted molar refractivity (Wildman–Crippen MR) is 47.1 cm³/mol. The van der Waals surface area contributed by atoms with E-state index < -0.39 is 0 Å². The largest absolute Gasteiger partial charge is 0.313 e. The van der Waals surface area contributed by atoms with Gasteiger partial charge in [0.2, 0.25) is 0 Å². The van der Waals surface area contributed by atoms with Gasteiger partial charge in [-0.2, -0.15) is 5.26 Å². The van der Waals surface area contributed by atoms with Gasteiger partial charge in [0, 0.05) is 13.0 Å². The van der Waals surface area contributed by atoms with Crippen LogP contribution in [0.3, 0.4) is 0 Å². The fourth-order valence-electron chi connectivity index (χ4n) is 0.671. The molecule has 0 saturated heterocycles. The highest BCUT2D eigenvalue weighted by Crippen LogP contribution is 1.86. The minimum Gasteiger partial charge on any atom is -0.313 e. The maximum atomic E-state index is 8.22. The van der Waals surface area contributed by atoms with Gasteiger partial charge in [-0.05, 0) is 26.8 Å². The second-order valence-corrected chi connectivity index (χ2v) is 2.75. The second-order valence-electron chi connectivity index (χ2n) is 2.75. The van der Waals surface area contributed by atoms with E-state index in [1.54, 1.807) is 0 Å². The average molecular weight is 152 g/mol. The summed E-state index contributed by atoms with van der Waals surface area (Å²) >= 11 is 0. The van der Waals surface area contributed by atoms with E-state index in [-0.39, 0.29) is 0 Å². The van der Waals surface area contributed by atoms with Crippen LogP contribution in [0.2, 0.25) is 0 Å². The van der Waals surface area contributed by atoms with Gasteiger partial charge in [0.25, 0.3) is 0 Å². The van der Waals surface area contributed by atoms with Crippen molar-refractivity contribution in [1.29, 1.82) is 5.26 Å². The number of hydrogen-bond acceptors (Lipinski definition) is 2. The highest BCUT2D eigenvalue weighted by molar-refractivity contribution is 4.94. The summed E-state index contributed by atoms with van der Waals surface area (Å²) in [6.07, 6.45) is 3.75. The lowest BCUT2D eigenvalue weighted by Gasteiger charge is -1.97. The molecular formula is C9H16N2. The van der Waals surface area contributed by atoms with Gasteiger partial charge < -0.3 is 5.32 Å².